The summed E-state index contributed by atoms with van der Waals surface area (Å²) in [6.07, 6.45) is 2.00. The molecule has 0 bridgehead atoms. The monoisotopic (exact) mass is 284 g/mol. The normalized spacial score (nSPS) is 10.1. The molecule has 1 rings (SSSR count). The third-order valence-corrected chi connectivity index (χ3v) is 3.37. The summed E-state index contributed by atoms with van der Waals surface area (Å²) in [6.45, 7) is 0.666. The maximum Gasteiger partial charge on any atom is 0.255 e. The molecular weight excluding hydrogens is 264 g/mol. The average Bonchev–Trinajstić information content (AvgIpc) is 2.44. The molecule has 1 aromatic carbocycles. The fraction of sp³-hybridized carbons (Fsp3) is 0.462. The van der Waals surface area contributed by atoms with E-state index < -0.39 is 0 Å². The number of rotatable bonds is 6. The van der Waals surface area contributed by atoms with E-state index in [0.717, 1.165) is 5.75 Å². The number of carbonyl (C=O) groups excluding carboxylic acids is 1. The SMILES string of the molecule is COc1cc(OC)c(N)c(C(=O)N(C)CCSC)c1. The van der Waals surface area contributed by atoms with E-state index in [-0.39, 0.29) is 5.91 Å². The Kier molecular flexibility index (Phi) is 5.82. The van der Waals surface area contributed by atoms with E-state index in [9.17, 15) is 4.79 Å². The molecular formula is C13H20N2O3S. The Morgan fingerprint density at radius 3 is 2.58 bits per heavy atom. The molecule has 0 aromatic heterocycles. The van der Waals surface area contributed by atoms with Crippen molar-refractivity contribution < 1.29 is 14.3 Å². The Bertz CT molecular complexity index is 452. The van der Waals surface area contributed by atoms with Crippen molar-refractivity contribution in [2.75, 3.05) is 45.6 Å². The van der Waals surface area contributed by atoms with Crippen LogP contribution in [-0.4, -0.2) is 50.6 Å². The molecule has 0 atom stereocenters. The number of nitrogen functional groups attached to an aromatic ring is 1. The van der Waals surface area contributed by atoms with Crippen LogP contribution in [0.15, 0.2) is 12.1 Å². The zero-order chi connectivity index (χ0) is 14.4. The second-order valence-corrected chi connectivity index (χ2v) is 5.00. The van der Waals surface area contributed by atoms with Gasteiger partial charge >= 0.3 is 0 Å². The topological polar surface area (TPSA) is 64.8 Å². The second kappa shape index (κ2) is 7.13. The summed E-state index contributed by atoms with van der Waals surface area (Å²) in [4.78, 5) is 14.0. The lowest BCUT2D eigenvalue weighted by Gasteiger charge is -2.19. The number of hydrogen-bond acceptors (Lipinski definition) is 5. The van der Waals surface area contributed by atoms with Crippen LogP contribution >= 0.6 is 11.8 Å². The molecule has 2 N–H and O–H groups in total. The van der Waals surface area contributed by atoms with Crippen molar-refractivity contribution in [1.82, 2.24) is 4.90 Å². The first-order valence-corrected chi connectivity index (χ1v) is 7.20. The highest BCUT2D eigenvalue weighted by Gasteiger charge is 2.18. The van der Waals surface area contributed by atoms with Gasteiger partial charge in [0.15, 0.2) is 0 Å². The number of carbonyl (C=O) groups is 1. The molecule has 0 saturated heterocycles. The van der Waals surface area contributed by atoms with Gasteiger partial charge in [-0.15, -0.1) is 0 Å². The highest BCUT2D eigenvalue weighted by atomic mass is 32.2. The van der Waals surface area contributed by atoms with E-state index in [4.69, 9.17) is 15.2 Å². The molecule has 5 nitrogen and oxygen atoms in total. The molecule has 106 valence electrons. The van der Waals surface area contributed by atoms with Crippen molar-refractivity contribution in [1.29, 1.82) is 0 Å². The Balaban J connectivity index is 3.07. The highest BCUT2D eigenvalue weighted by Crippen LogP contribution is 2.31. The van der Waals surface area contributed by atoms with Gasteiger partial charge < -0.3 is 20.1 Å². The van der Waals surface area contributed by atoms with Gasteiger partial charge in [-0.3, -0.25) is 4.79 Å². The van der Waals surface area contributed by atoms with Gasteiger partial charge in [0.25, 0.3) is 5.91 Å². The van der Waals surface area contributed by atoms with E-state index in [1.807, 2.05) is 6.26 Å². The Morgan fingerprint density at radius 2 is 2.05 bits per heavy atom. The number of nitrogens with zero attached hydrogens (tertiary/aromatic N) is 1. The summed E-state index contributed by atoms with van der Waals surface area (Å²) in [5.74, 6) is 1.74. The number of hydrogen-bond donors (Lipinski definition) is 1. The number of ether oxygens (including phenoxy) is 2. The molecule has 0 saturated carbocycles. The lowest BCUT2D eigenvalue weighted by molar-refractivity contribution is 0.0804. The number of amides is 1. The van der Waals surface area contributed by atoms with Crippen LogP contribution in [-0.2, 0) is 0 Å². The Morgan fingerprint density at radius 1 is 1.37 bits per heavy atom. The number of benzene rings is 1. The quantitative estimate of drug-likeness (QED) is 0.806. The second-order valence-electron chi connectivity index (χ2n) is 4.01. The molecule has 0 radical (unpaired) electrons. The Hall–Kier alpha value is -1.56. The lowest BCUT2D eigenvalue weighted by atomic mass is 10.1. The van der Waals surface area contributed by atoms with Crippen LogP contribution in [0.5, 0.6) is 11.5 Å². The minimum atomic E-state index is -0.135. The van der Waals surface area contributed by atoms with Crippen LogP contribution in [0.3, 0.4) is 0 Å². The fourth-order valence-corrected chi connectivity index (χ4v) is 2.06. The third-order valence-electron chi connectivity index (χ3n) is 2.78. The lowest BCUT2D eigenvalue weighted by Crippen LogP contribution is -2.29. The molecule has 1 aromatic rings. The van der Waals surface area contributed by atoms with Crippen molar-refractivity contribution >= 4 is 23.4 Å². The van der Waals surface area contributed by atoms with Crippen molar-refractivity contribution in [2.24, 2.45) is 0 Å². The van der Waals surface area contributed by atoms with Crippen LogP contribution < -0.4 is 15.2 Å². The summed E-state index contributed by atoms with van der Waals surface area (Å²) in [5.41, 5.74) is 6.69. The first-order chi connectivity index (χ1) is 9.04. The first kappa shape index (κ1) is 15.5. The van der Waals surface area contributed by atoms with Crippen LogP contribution in [0.4, 0.5) is 5.69 Å². The summed E-state index contributed by atoms with van der Waals surface area (Å²) in [6, 6.07) is 3.30. The van der Waals surface area contributed by atoms with Crippen LogP contribution in [0.25, 0.3) is 0 Å². The van der Waals surface area contributed by atoms with E-state index >= 15 is 0 Å². The average molecular weight is 284 g/mol. The van der Waals surface area contributed by atoms with Crippen LogP contribution in [0, 0.1) is 0 Å². The van der Waals surface area contributed by atoms with E-state index in [1.165, 1.54) is 14.2 Å². The van der Waals surface area contributed by atoms with Crippen molar-refractivity contribution in [3.8, 4) is 11.5 Å². The molecule has 19 heavy (non-hydrogen) atoms. The predicted octanol–water partition coefficient (Wildman–Crippen LogP) is 1.72. The van der Waals surface area contributed by atoms with Crippen molar-refractivity contribution in [2.45, 2.75) is 0 Å². The summed E-state index contributed by atoms with van der Waals surface area (Å²) >= 11 is 1.69. The molecule has 0 heterocycles. The summed E-state index contributed by atoms with van der Waals surface area (Å²) in [7, 11) is 4.80. The van der Waals surface area contributed by atoms with E-state index in [1.54, 1.807) is 35.8 Å². The molecule has 6 heteroatoms. The smallest absolute Gasteiger partial charge is 0.255 e. The molecule has 0 unspecified atom stereocenters. The van der Waals surface area contributed by atoms with Gasteiger partial charge in [-0.2, -0.15) is 11.8 Å². The molecule has 1 amide bonds. The molecule has 0 spiro atoms. The molecule has 0 aliphatic heterocycles. The van der Waals surface area contributed by atoms with Gasteiger partial charge in [0.2, 0.25) is 0 Å². The standard InChI is InChI=1S/C13H20N2O3S/c1-15(5-6-19-4)13(16)10-7-9(17-2)8-11(18-3)12(10)14/h7-8H,5-6,14H2,1-4H3. The number of thioether (sulfide) groups is 1. The number of anilines is 1. The molecule has 0 aliphatic carbocycles. The van der Waals surface area contributed by atoms with E-state index in [2.05, 4.69) is 0 Å². The van der Waals surface area contributed by atoms with Crippen LogP contribution in [0.2, 0.25) is 0 Å². The zero-order valence-corrected chi connectivity index (χ0v) is 12.5. The van der Waals surface area contributed by atoms with Gasteiger partial charge in [0, 0.05) is 25.4 Å². The largest absolute Gasteiger partial charge is 0.497 e. The molecule has 0 fully saturated rings. The number of methoxy groups -OCH3 is 2. The van der Waals surface area contributed by atoms with Gasteiger partial charge in [-0.1, -0.05) is 0 Å². The third kappa shape index (κ3) is 3.70. The van der Waals surface area contributed by atoms with Gasteiger partial charge in [-0.05, 0) is 12.3 Å². The minimum absolute atomic E-state index is 0.135. The number of nitrogens with two attached hydrogens (primary N) is 1. The van der Waals surface area contributed by atoms with Gasteiger partial charge in [-0.25, -0.2) is 0 Å². The van der Waals surface area contributed by atoms with Crippen molar-refractivity contribution in [3.63, 3.8) is 0 Å². The first-order valence-electron chi connectivity index (χ1n) is 5.81. The molecule has 0 aliphatic rings. The maximum atomic E-state index is 12.3. The zero-order valence-electron chi connectivity index (χ0n) is 11.7. The summed E-state index contributed by atoms with van der Waals surface area (Å²) in [5, 5.41) is 0. The fourth-order valence-electron chi connectivity index (χ4n) is 1.60. The maximum absolute atomic E-state index is 12.3. The summed E-state index contributed by atoms with van der Waals surface area (Å²) < 4.78 is 10.3. The minimum Gasteiger partial charge on any atom is -0.497 e. The van der Waals surface area contributed by atoms with Crippen LogP contribution in [0.1, 0.15) is 10.4 Å². The van der Waals surface area contributed by atoms with Gasteiger partial charge in [0.1, 0.15) is 11.5 Å². The van der Waals surface area contributed by atoms with E-state index in [0.29, 0.717) is 29.3 Å². The predicted molar refractivity (Wildman–Crippen MR) is 79.3 cm³/mol. The van der Waals surface area contributed by atoms with Gasteiger partial charge in [0.05, 0.1) is 25.5 Å². The highest BCUT2D eigenvalue weighted by molar-refractivity contribution is 7.98. The Labute approximate surface area is 118 Å². The van der Waals surface area contributed by atoms with Crippen molar-refractivity contribution in [3.05, 3.63) is 17.7 Å².